The second kappa shape index (κ2) is 7.79. The first kappa shape index (κ1) is 19.5. The number of aryl methyl sites for hydroxylation is 2. The molecule has 0 radical (unpaired) electrons. The van der Waals surface area contributed by atoms with Gasteiger partial charge in [-0.15, -0.1) is 0 Å². The summed E-state index contributed by atoms with van der Waals surface area (Å²) < 4.78 is 35.2. The topological polar surface area (TPSA) is 111 Å². The second-order valence-electron chi connectivity index (χ2n) is 6.76. The van der Waals surface area contributed by atoms with Crippen LogP contribution in [0.1, 0.15) is 34.5 Å². The van der Waals surface area contributed by atoms with Gasteiger partial charge in [0.05, 0.1) is 18.3 Å². The van der Waals surface area contributed by atoms with E-state index in [1.54, 1.807) is 0 Å². The molecule has 9 heteroatoms. The lowest BCUT2D eigenvalue weighted by Gasteiger charge is -2.24. The predicted octanol–water partition coefficient (Wildman–Crippen LogP) is 1.50. The van der Waals surface area contributed by atoms with Crippen LogP contribution in [0.4, 0.5) is 0 Å². The van der Waals surface area contributed by atoms with Crippen LogP contribution in [0, 0.1) is 6.92 Å². The number of aromatic carboxylic acids is 1. The van der Waals surface area contributed by atoms with Gasteiger partial charge in [0.1, 0.15) is 4.90 Å². The van der Waals surface area contributed by atoms with Gasteiger partial charge in [0.25, 0.3) is 0 Å². The van der Waals surface area contributed by atoms with Crippen molar-refractivity contribution >= 4 is 16.0 Å². The third kappa shape index (κ3) is 4.37. The molecule has 1 aromatic carbocycles. The molecule has 1 aliphatic rings. The number of benzene rings is 1. The minimum Gasteiger partial charge on any atom is -0.476 e. The Morgan fingerprint density at radius 2 is 2.26 bits per heavy atom. The van der Waals surface area contributed by atoms with E-state index in [0.717, 1.165) is 34.8 Å². The number of rotatable bonds is 7. The first-order valence-corrected chi connectivity index (χ1v) is 10.2. The van der Waals surface area contributed by atoms with Crippen molar-refractivity contribution in [3.05, 3.63) is 47.3 Å². The Balaban J connectivity index is 1.90. The van der Waals surface area contributed by atoms with Crippen LogP contribution < -0.4 is 4.72 Å². The fourth-order valence-corrected chi connectivity index (χ4v) is 4.80. The molecule has 27 heavy (non-hydrogen) atoms. The van der Waals surface area contributed by atoms with Gasteiger partial charge in [-0.3, -0.25) is 4.68 Å². The second-order valence-corrected chi connectivity index (χ2v) is 8.44. The van der Waals surface area contributed by atoms with Crippen LogP contribution in [0.2, 0.25) is 0 Å². The van der Waals surface area contributed by atoms with Gasteiger partial charge in [0.2, 0.25) is 10.0 Å². The van der Waals surface area contributed by atoms with Crippen LogP contribution in [0.15, 0.2) is 35.4 Å². The largest absolute Gasteiger partial charge is 0.476 e. The first-order valence-electron chi connectivity index (χ1n) is 8.72. The molecule has 0 bridgehead atoms. The molecule has 0 spiro atoms. The average molecular weight is 393 g/mol. The van der Waals surface area contributed by atoms with Gasteiger partial charge in [-0.05, 0) is 31.7 Å². The van der Waals surface area contributed by atoms with Crippen molar-refractivity contribution in [2.75, 3.05) is 6.61 Å². The molecule has 0 amide bonds. The summed E-state index contributed by atoms with van der Waals surface area (Å²) in [5.74, 6) is -1.34. The number of sulfonamides is 1. The van der Waals surface area contributed by atoms with Gasteiger partial charge >= 0.3 is 5.97 Å². The molecule has 2 atom stereocenters. The van der Waals surface area contributed by atoms with E-state index in [1.165, 1.54) is 7.05 Å². The van der Waals surface area contributed by atoms with Crippen molar-refractivity contribution < 1.29 is 23.1 Å². The van der Waals surface area contributed by atoms with Crippen molar-refractivity contribution in [2.45, 2.75) is 43.2 Å². The van der Waals surface area contributed by atoms with Gasteiger partial charge in [0.15, 0.2) is 5.69 Å². The molecule has 8 nitrogen and oxygen atoms in total. The third-order valence-electron chi connectivity index (χ3n) is 4.66. The monoisotopic (exact) mass is 393 g/mol. The highest BCUT2D eigenvalue weighted by Gasteiger charge is 2.33. The summed E-state index contributed by atoms with van der Waals surface area (Å²) in [6, 6.07) is 7.35. The highest BCUT2D eigenvalue weighted by Crippen LogP contribution is 2.22. The Hall–Kier alpha value is -2.23. The number of ether oxygens (including phenoxy) is 1. The highest BCUT2D eigenvalue weighted by atomic mass is 32.2. The summed E-state index contributed by atoms with van der Waals surface area (Å²) in [6.45, 7) is 2.56. The predicted molar refractivity (Wildman–Crippen MR) is 98.1 cm³/mol. The van der Waals surface area contributed by atoms with E-state index < -0.39 is 22.0 Å². The zero-order valence-electron chi connectivity index (χ0n) is 15.3. The Morgan fingerprint density at radius 1 is 1.48 bits per heavy atom. The summed E-state index contributed by atoms with van der Waals surface area (Å²) in [5, 5.41) is 13.1. The van der Waals surface area contributed by atoms with Crippen LogP contribution in [0.25, 0.3) is 0 Å². The first-order chi connectivity index (χ1) is 12.8. The Labute approximate surface area is 158 Å². The van der Waals surface area contributed by atoms with Crippen molar-refractivity contribution in [3.8, 4) is 0 Å². The van der Waals surface area contributed by atoms with Crippen LogP contribution in [-0.2, 0) is 28.2 Å². The van der Waals surface area contributed by atoms with Crippen molar-refractivity contribution in [1.29, 1.82) is 0 Å². The fourth-order valence-electron chi connectivity index (χ4n) is 3.38. The summed E-state index contributed by atoms with van der Waals surface area (Å²) in [4.78, 5) is 11.1. The number of aromatic nitrogens is 2. The van der Waals surface area contributed by atoms with Crippen LogP contribution in [0.3, 0.4) is 0 Å². The molecule has 0 saturated carbocycles. The SMILES string of the molecule is Cc1cccc(CC(NS(=O)(=O)c2cnn(C)c2C(=O)O)C2CCCO2)c1. The van der Waals surface area contributed by atoms with E-state index in [-0.39, 0.29) is 16.7 Å². The molecule has 1 aromatic heterocycles. The van der Waals surface area contributed by atoms with E-state index >= 15 is 0 Å². The van der Waals surface area contributed by atoms with Crippen molar-refractivity contribution in [3.63, 3.8) is 0 Å². The normalized spacial score (nSPS) is 18.5. The van der Waals surface area contributed by atoms with E-state index in [9.17, 15) is 18.3 Å². The molecule has 2 N–H and O–H groups in total. The van der Waals surface area contributed by atoms with E-state index in [2.05, 4.69) is 9.82 Å². The minimum absolute atomic E-state index is 0.259. The Morgan fingerprint density at radius 3 is 2.89 bits per heavy atom. The van der Waals surface area contributed by atoms with Crippen molar-refractivity contribution in [2.24, 2.45) is 7.05 Å². The average Bonchev–Trinajstić information content (AvgIpc) is 3.23. The molecule has 2 unspecified atom stereocenters. The van der Waals surface area contributed by atoms with Gasteiger partial charge in [0, 0.05) is 13.7 Å². The molecular formula is C18H23N3O5S. The summed E-state index contributed by atoms with van der Waals surface area (Å²) in [5.41, 5.74) is 1.70. The quantitative estimate of drug-likeness (QED) is 0.737. The molecule has 146 valence electrons. The molecule has 3 rings (SSSR count). The zero-order chi connectivity index (χ0) is 19.6. The summed E-state index contributed by atoms with van der Waals surface area (Å²) >= 11 is 0. The molecule has 2 aromatic rings. The third-order valence-corrected chi connectivity index (χ3v) is 6.15. The van der Waals surface area contributed by atoms with E-state index in [0.29, 0.717) is 13.0 Å². The standard InChI is InChI=1S/C18H23N3O5S/c1-12-5-3-6-13(9-12)10-14(15-7-4-8-26-15)20-27(24,25)16-11-19-21(2)17(16)18(22)23/h3,5-6,9,11,14-15,20H,4,7-8,10H2,1-2H3,(H,22,23). The summed E-state index contributed by atoms with van der Waals surface area (Å²) in [6.07, 6.45) is 2.87. The van der Waals surface area contributed by atoms with Gasteiger partial charge in [-0.1, -0.05) is 29.8 Å². The molecule has 1 saturated heterocycles. The number of carbonyl (C=O) groups is 1. The summed E-state index contributed by atoms with van der Waals surface area (Å²) in [7, 11) is -2.68. The lowest BCUT2D eigenvalue weighted by Crippen LogP contribution is -2.44. The molecule has 2 heterocycles. The van der Waals surface area contributed by atoms with Gasteiger partial charge in [-0.2, -0.15) is 5.10 Å². The number of hydrogen-bond donors (Lipinski definition) is 2. The lowest BCUT2D eigenvalue weighted by atomic mass is 9.99. The smallest absolute Gasteiger partial charge is 0.355 e. The molecule has 1 aliphatic heterocycles. The number of nitrogens with one attached hydrogen (secondary N) is 1. The number of nitrogens with zero attached hydrogens (tertiary/aromatic N) is 2. The zero-order valence-corrected chi connectivity index (χ0v) is 16.1. The van der Waals surface area contributed by atoms with E-state index in [1.807, 2.05) is 31.2 Å². The number of hydrogen-bond acceptors (Lipinski definition) is 5. The Bertz CT molecular complexity index is 932. The van der Waals surface area contributed by atoms with Gasteiger partial charge in [-0.25, -0.2) is 17.9 Å². The minimum atomic E-state index is -4.08. The maximum Gasteiger partial charge on any atom is 0.355 e. The Kier molecular flexibility index (Phi) is 5.64. The van der Waals surface area contributed by atoms with Gasteiger partial charge < -0.3 is 9.84 Å². The molecule has 1 fully saturated rings. The van der Waals surface area contributed by atoms with E-state index in [4.69, 9.17) is 4.74 Å². The molecule has 0 aliphatic carbocycles. The maximum absolute atomic E-state index is 12.9. The maximum atomic E-state index is 12.9. The van der Waals surface area contributed by atoms with Crippen LogP contribution in [0.5, 0.6) is 0 Å². The van der Waals surface area contributed by atoms with Crippen LogP contribution >= 0.6 is 0 Å². The number of carboxylic acids is 1. The highest BCUT2D eigenvalue weighted by molar-refractivity contribution is 7.89. The fraction of sp³-hybridized carbons (Fsp3) is 0.444. The lowest BCUT2D eigenvalue weighted by molar-refractivity contribution is 0.0680. The molecular weight excluding hydrogens is 370 g/mol. The van der Waals surface area contributed by atoms with Crippen LogP contribution in [-0.4, -0.2) is 48.0 Å². The van der Waals surface area contributed by atoms with Crippen molar-refractivity contribution in [1.82, 2.24) is 14.5 Å². The number of carboxylic acid groups (broad SMARTS) is 1.